The molecule has 8 heteroatoms. The first-order valence-corrected chi connectivity index (χ1v) is 7.31. The summed E-state index contributed by atoms with van der Waals surface area (Å²) in [6.45, 7) is 2.24. The molecule has 0 aliphatic heterocycles. The lowest BCUT2D eigenvalue weighted by Crippen LogP contribution is -2.22. The van der Waals surface area contributed by atoms with Crippen molar-refractivity contribution in [3.8, 4) is 5.75 Å². The summed E-state index contributed by atoms with van der Waals surface area (Å²) in [6.07, 6.45) is 1.49. The highest BCUT2D eigenvalue weighted by Crippen LogP contribution is 2.18. The van der Waals surface area contributed by atoms with Crippen LogP contribution in [0.3, 0.4) is 0 Å². The molecule has 0 radical (unpaired) electrons. The van der Waals surface area contributed by atoms with Crippen LogP contribution in [-0.4, -0.2) is 28.8 Å². The van der Waals surface area contributed by atoms with Crippen molar-refractivity contribution in [3.63, 3.8) is 0 Å². The van der Waals surface area contributed by atoms with Gasteiger partial charge in [-0.05, 0) is 12.1 Å². The van der Waals surface area contributed by atoms with Crippen LogP contribution in [0.4, 0.5) is 11.4 Å². The normalized spacial score (nSPS) is 10.2. The first-order chi connectivity index (χ1) is 11.0. The number of halogens is 1. The summed E-state index contributed by atoms with van der Waals surface area (Å²) in [7, 11) is 1.53. The Kier molecular flexibility index (Phi) is 5.59. The highest BCUT2D eigenvalue weighted by Gasteiger charge is 2.06. The van der Waals surface area contributed by atoms with Gasteiger partial charge in [-0.25, -0.2) is 4.68 Å². The van der Waals surface area contributed by atoms with E-state index in [1.807, 2.05) is 0 Å². The number of amides is 1. The minimum absolute atomic E-state index is 0.0927. The molecule has 1 aromatic heterocycles. The van der Waals surface area contributed by atoms with Crippen LogP contribution in [0.2, 0.25) is 5.02 Å². The summed E-state index contributed by atoms with van der Waals surface area (Å²) in [5, 5.41) is 9.66. The third-order valence-corrected chi connectivity index (χ3v) is 3.28. The Morgan fingerprint density at radius 1 is 1.43 bits per heavy atom. The quantitative estimate of drug-likeness (QED) is 0.787. The molecule has 0 spiro atoms. The number of nitrogens with one attached hydrogen (secondary N) is 2. The molecule has 1 aromatic carbocycles. The van der Waals surface area contributed by atoms with E-state index in [1.165, 1.54) is 20.2 Å². The van der Waals surface area contributed by atoms with E-state index >= 15 is 0 Å². The van der Waals surface area contributed by atoms with Gasteiger partial charge in [0.2, 0.25) is 5.91 Å². The molecule has 0 atom stereocenters. The molecule has 0 bridgehead atoms. The summed E-state index contributed by atoms with van der Waals surface area (Å²) in [4.78, 5) is 22.6. The Balaban J connectivity index is 1.87. The molecule has 23 heavy (non-hydrogen) atoms. The molecule has 0 fully saturated rings. The molecule has 0 aliphatic rings. The Labute approximate surface area is 138 Å². The van der Waals surface area contributed by atoms with Crippen molar-refractivity contribution in [1.82, 2.24) is 9.78 Å². The number of rotatable bonds is 6. The third-order valence-electron chi connectivity index (χ3n) is 2.92. The number of anilines is 2. The van der Waals surface area contributed by atoms with E-state index in [9.17, 15) is 9.59 Å². The van der Waals surface area contributed by atoms with Crippen LogP contribution in [0.15, 0.2) is 35.3 Å². The summed E-state index contributed by atoms with van der Waals surface area (Å²) in [5.74, 6) is 0.489. The van der Waals surface area contributed by atoms with Crippen LogP contribution in [0, 0.1) is 0 Å². The molecule has 2 N–H and O–H groups in total. The standard InChI is InChI=1S/C15H17ClN4O3/c1-10(21)19-11-4-3-5-12(8-11)23-7-6-17-13-9-18-20(2)15(22)14(13)16/h3-5,8-9,17H,6-7H2,1-2H3,(H,19,21). The van der Waals surface area contributed by atoms with Gasteiger partial charge >= 0.3 is 0 Å². The highest BCUT2D eigenvalue weighted by molar-refractivity contribution is 6.32. The van der Waals surface area contributed by atoms with E-state index < -0.39 is 0 Å². The van der Waals surface area contributed by atoms with Crippen LogP contribution in [0.1, 0.15) is 6.92 Å². The fourth-order valence-electron chi connectivity index (χ4n) is 1.86. The average Bonchev–Trinajstić information content (AvgIpc) is 2.51. The number of carbonyl (C=O) groups excluding carboxylic acids is 1. The summed E-state index contributed by atoms with van der Waals surface area (Å²) in [6, 6.07) is 7.08. The largest absolute Gasteiger partial charge is 0.492 e. The molecule has 2 aromatic rings. The van der Waals surface area contributed by atoms with Crippen molar-refractivity contribution >= 4 is 28.9 Å². The molecule has 0 aliphatic carbocycles. The second kappa shape index (κ2) is 7.64. The second-order valence-electron chi connectivity index (χ2n) is 4.79. The number of hydrogen-bond acceptors (Lipinski definition) is 5. The zero-order valence-corrected chi connectivity index (χ0v) is 13.6. The Morgan fingerprint density at radius 2 is 2.22 bits per heavy atom. The van der Waals surface area contributed by atoms with Gasteiger partial charge in [-0.2, -0.15) is 5.10 Å². The van der Waals surface area contributed by atoms with Gasteiger partial charge < -0.3 is 15.4 Å². The topological polar surface area (TPSA) is 85.2 Å². The van der Waals surface area contributed by atoms with Crippen molar-refractivity contribution in [1.29, 1.82) is 0 Å². The lowest BCUT2D eigenvalue weighted by Gasteiger charge is -2.10. The third kappa shape index (κ3) is 4.72. The number of nitrogens with zero attached hydrogens (tertiary/aromatic N) is 2. The van der Waals surface area contributed by atoms with E-state index in [0.717, 1.165) is 4.68 Å². The maximum Gasteiger partial charge on any atom is 0.287 e. The number of aryl methyl sites for hydroxylation is 1. The zero-order valence-electron chi connectivity index (χ0n) is 12.8. The lowest BCUT2D eigenvalue weighted by atomic mass is 10.3. The molecular formula is C15H17ClN4O3. The van der Waals surface area contributed by atoms with E-state index in [4.69, 9.17) is 16.3 Å². The first kappa shape index (κ1) is 16.8. The number of ether oxygens (including phenoxy) is 1. The van der Waals surface area contributed by atoms with Gasteiger partial charge in [0.15, 0.2) is 0 Å². The van der Waals surface area contributed by atoms with E-state index in [1.54, 1.807) is 24.3 Å². The summed E-state index contributed by atoms with van der Waals surface area (Å²) < 4.78 is 6.75. The Bertz CT molecular complexity index is 761. The van der Waals surface area contributed by atoms with Gasteiger partial charge in [0.1, 0.15) is 17.4 Å². The van der Waals surface area contributed by atoms with Gasteiger partial charge in [0.05, 0.1) is 11.9 Å². The van der Waals surface area contributed by atoms with Crippen molar-refractivity contribution in [2.75, 3.05) is 23.8 Å². The van der Waals surface area contributed by atoms with Crippen LogP contribution in [-0.2, 0) is 11.8 Å². The van der Waals surface area contributed by atoms with Crippen molar-refractivity contribution in [3.05, 3.63) is 45.8 Å². The zero-order chi connectivity index (χ0) is 16.8. The van der Waals surface area contributed by atoms with E-state index in [2.05, 4.69) is 15.7 Å². The lowest BCUT2D eigenvalue weighted by molar-refractivity contribution is -0.114. The molecule has 2 rings (SSSR count). The smallest absolute Gasteiger partial charge is 0.287 e. The van der Waals surface area contributed by atoms with Gasteiger partial charge in [0.25, 0.3) is 5.56 Å². The fourth-order valence-corrected chi connectivity index (χ4v) is 2.09. The highest BCUT2D eigenvalue weighted by atomic mass is 35.5. The maximum absolute atomic E-state index is 11.6. The summed E-state index contributed by atoms with van der Waals surface area (Å²) in [5.41, 5.74) is 0.771. The SMILES string of the molecule is CC(=O)Nc1cccc(OCCNc2cnn(C)c(=O)c2Cl)c1. The average molecular weight is 337 g/mol. The predicted octanol–water partition coefficient (Wildman–Crippen LogP) is 1.88. The second-order valence-corrected chi connectivity index (χ2v) is 5.16. The molecule has 0 unspecified atom stereocenters. The Morgan fingerprint density at radius 3 is 2.96 bits per heavy atom. The molecule has 1 heterocycles. The molecule has 122 valence electrons. The monoisotopic (exact) mass is 336 g/mol. The number of aromatic nitrogens is 2. The van der Waals surface area contributed by atoms with Crippen LogP contribution >= 0.6 is 11.6 Å². The number of hydrogen-bond donors (Lipinski definition) is 2. The van der Waals surface area contributed by atoms with Crippen molar-refractivity contribution < 1.29 is 9.53 Å². The molecular weight excluding hydrogens is 320 g/mol. The van der Waals surface area contributed by atoms with Crippen LogP contribution in [0.25, 0.3) is 0 Å². The molecule has 0 saturated carbocycles. The van der Waals surface area contributed by atoms with Gasteiger partial charge in [-0.3, -0.25) is 9.59 Å². The minimum Gasteiger partial charge on any atom is -0.492 e. The van der Waals surface area contributed by atoms with Crippen LogP contribution in [0.5, 0.6) is 5.75 Å². The summed E-state index contributed by atoms with van der Waals surface area (Å²) >= 11 is 5.95. The van der Waals surface area contributed by atoms with Crippen molar-refractivity contribution in [2.24, 2.45) is 7.05 Å². The molecule has 1 amide bonds. The van der Waals surface area contributed by atoms with Gasteiger partial charge in [0, 0.05) is 32.3 Å². The van der Waals surface area contributed by atoms with Crippen molar-refractivity contribution in [2.45, 2.75) is 6.92 Å². The minimum atomic E-state index is -0.361. The number of benzene rings is 1. The van der Waals surface area contributed by atoms with E-state index in [-0.39, 0.29) is 16.5 Å². The maximum atomic E-state index is 11.6. The molecule has 7 nitrogen and oxygen atoms in total. The fraction of sp³-hybridized carbons (Fsp3) is 0.267. The number of carbonyl (C=O) groups is 1. The Hall–Kier alpha value is -2.54. The van der Waals surface area contributed by atoms with Crippen LogP contribution < -0.4 is 20.9 Å². The van der Waals surface area contributed by atoms with Gasteiger partial charge in [-0.1, -0.05) is 17.7 Å². The van der Waals surface area contributed by atoms with E-state index in [0.29, 0.717) is 30.3 Å². The predicted molar refractivity (Wildman–Crippen MR) is 89.2 cm³/mol. The van der Waals surface area contributed by atoms with Gasteiger partial charge in [-0.15, -0.1) is 0 Å². The first-order valence-electron chi connectivity index (χ1n) is 6.93. The molecule has 0 saturated heterocycles.